The van der Waals surface area contributed by atoms with Crippen molar-refractivity contribution in [3.05, 3.63) is 35.9 Å². The van der Waals surface area contributed by atoms with Gasteiger partial charge in [-0.2, -0.15) is 0 Å². The molecule has 4 heteroatoms. The number of nitrogens with zero attached hydrogens (tertiary/aromatic N) is 1. The fourth-order valence-corrected chi connectivity index (χ4v) is 2.45. The third kappa shape index (κ3) is 3.09. The first-order chi connectivity index (χ1) is 8.70. The van der Waals surface area contributed by atoms with Crippen LogP contribution >= 0.6 is 0 Å². The Labute approximate surface area is 108 Å². The predicted molar refractivity (Wildman–Crippen MR) is 72.0 cm³/mol. The second-order valence-electron chi connectivity index (χ2n) is 4.86. The van der Waals surface area contributed by atoms with Crippen molar-refractivity contribution >= 4 is 5.91 Å². The lowest BCUT2D eigenvalue weighted by atomic mass is 10.0. The molecule has 0 spiro atoms. The third-order valence-corrected chi connectivity index (χ3v) is 3.51. The molecule has 0 aliphatic carbocycles. The highest BCUT2D eigenvalue weighted by molar-refractivity contribution is 5.79. The molecule has 3 N–H and O–H groups in total. The minimum absolute atomic E-state index is 0.0995. The molecule has 1 aromatic rings. The van der Waals surface area contributed by atoms with Crippen LogP contribution in [0, 0.1) is 0 Å². The molecule has 1 saturated heterocycles. The Balaban J connectivity index is 2.05. The van der Waals surface area contributed by atoms with Gasteiger partial charge in [-0.05, 0) is 25.5 Å². The lowest BCUT2D eigenvalue weighted by molar-refractivity contribution is -0.126. The van der Waals surface area contributed by atoms with Crippen molar-refractivity contribution in [1.82, 2.24) is 10.2 Å². The van der Waals surface area contributed by atoms with E-state index in [9.17, 15) is 4.79 Å². The van der Waals surface area contributed by atoms with Gasteiger partial charge in [-0.25, -0.2) is 0 Å². The number of hydrogen-bond acceptors (Lipinski definition) is 3. The molecule has 4 nitrogen and oxygen atoms in total. The molecule has 0 saturated carbocycles. The second kappa shape index (κ2) is 5.98. The molecule has 0 bridgehead atoms. The van der Waals surface area contributed by atoms with Gasteiger partial charge >= 0.3 is 0 Å². The maximum Gasteiger partial charge on any atom is 0.234 e. The molecule has 2 unspecified atom stereocenters. The fourth-order valence-electron chi connectivity index (χ4n) is 2.45. The Bertz CT molecular complexity index is 393. The van der Waals surface area contributed by atoms with Crippen LogP contribution < -0.4 is 11.1 Å². The molecule has 0 aromatic heterocycles. The van der Waals surface area contributed by atoms with Crippen LogP contribution in [-0.2, 0) is 4.79 Å². The van der Waals surface area contributed by atoms with Crippen molar-refractivity contribution < 1.29 is 4.79 Å². The molecule has 98 valence electrons. The van der Waals surface area contributed by atoms with Crippen molar-refractivity contribution in [2.45, 2.75) is 25.4 Å². The van der Waals surface area contributed by atoms with E-state index in [0.29, 0.717) is 13.1 Å². The van der Waals surface area contributed by atoms with Crippen LogP contribution in [0.5, 0.6) is 0 Å². The van der Waals surface area contributed by atoms with E-state index in [1.165, 1.54) is 5.56 Å². The molecule has 1 aliphatic rings. The Morgan fingerprint density at radius 1 is 1.44 bits per heavy atom. The second-order valence-corrected chi connectivity index (χ2v) is 4.86. The van der Waals surface area contributed by atoms with Crippen LogP contribution in [0.25, 0.3) is 0 Å². The standard InChI is InChI=1S/C14H21N3O/c1-11(12-5-3-2-4-6-12)17-9-13(7-8-15)16-14(18)10-17/h2-6,11,13H,7-10,15H2,1H3,(H,16,18). The Kier molecular flexibility index (Phi) is 4.33. The topological polar surface area (TPSA) is 58.4 Å². The number of benzene rings is 1. The summed E-state index contributed by atoms with van der Waals surface area (Å²) in [6.45, 7) is 4.10. The van der Waals surface area contributed by atoms with Gasteiger partial charge < -0.3 is 11.1 Å². The molecule has 1 aromatic carbocycles. The quantitative estimate of drug-likeness (QED) is 0.831. The largest absolute Gasteiger partial charge is 0.351 e. The van der Waals surface area contributed by atoms with Crippen LogP contribution in [0.2, 0.25) is 0 Å². The number of nitrogens with one attached hydrogen (secondary N) is 1. The Morgan fingerprint density at radius 2 is 2.17 bits per heavy atom. The average Bonchev–Trinajstić information content (AvgIpc) is 2.38. The monoisotopic (exact) mass is 247 g/mol. The summed E-state index contributed by atoms with van der Waals surface area (Å²) in [5, 5.41) is 2.99. The smallest absolute Gasteiger partial charge is 0.234 e. The van der Waals surface area contributed by atoms with E-state index >= 15 is 0 Å². The number of carbonyl (C=O) groups excluding carboxylic acids is 1. The summed E-state index contributed by atoms with van der Waals surface area (Å²) >= 11 is 0. The van der Waals surface area contributed by atoms with Gasteiger partial charge in [-0.1, -0.05) is 30.3 Å². The van der Waals surface area contributed by atoms with Crippen molar-refractivity contribution in [1.29, 1.82) is 0 Å². The maximum absolute atomic E-state index is 11.7. The minimum atomic E-state index is 0.0995. The highest BCUT2D eigenvalue weighted by Gasteiger charge is 2.27. The molecule has 1 fully saturated rings. The van der Waals surface area contributed by atoms with Gasteiger partial charge in [-0.3, -0.25) is 9.69 Å². The summed E-state index contributed by atoms with van der Waals surface area (Å²) < 4.78 is 0. The van der Waals surface area contributed by atoms with Crippen LogP contribution in [0.4, 0.5) is 0 Å². The predicted octanol–water partition coefficient (Wildman–Crippen LogP) is 0.897. The molecular formula is C14H21N3O. The third-order valence-electron chi connectivity index (χ3n) is 3.51. The number of nitrogens with two attached hydrogens (primary N) is 1. The average molecular weight is 247 g/mol. The zero-order valence-electron chi connectivity index (χ0n) is 10.8. The van der Waals surface area contributed by atoms with E-state index in [1.807, 2.05) is 18.2 Å². The van der Waals surface area contributed by atoms with E-state index in [-0.39, 0.29) is 18.0 Å². The zero-order chi connectivity index (χ0) is 13.0. The summed E-state index contributed by atoms with van der Waals surface area (Å²) in [6.07, 6.45) is 0.837. The van der Waals surface area contributed by atoms with E-state index in [4.69, 9.17) is 5.73 Å². The first kappa shape index (κ1) is 13.1. The van der Waals surface area contributed by atoms with Gasteiger partial charge in [0.1, 0.15) is 0 Å². The lowest BCUT2D eigenvalue weighted by Gasteiger charge is -2.37. The Morgan fingerprint density at radius 3 is 2.83 bits per heavy atom. The molecule has 0 radical (unpaired) electrons. The summed E-state index contributed by atoms with van der Waals surface area (Å²) in [7, 11) is 0. The van der Waals surface area contributed by atoms with E-state index < -0.39 is 0 Å². The SMILES string of the molecule is CC(c1ccccc1)N1CC(=O)NC(CCN)C1. The van der Waals surface area contributed by atoms with Gasteiger partial charge in [0.2, 0.25) is 5.91 Å². The van der Waals surface area contributed by atoms with Crippen LogP contribution in [0.3, 0.4) is 0 Å². The molecular weight excluding hydrogens is 226 g/mol. The van der Waals surface area contributed by atoms with Crippen LogP contribution in [0.15, 0.2) is 30.3 Å². The van der Waals surface area contributed by atoms with Crippen LogP contribution in [-0.4, -0.2) is 36.5 Å². The molecule has 1 heterocycles. The summed E-state index contributed by atoms with van der Waals surface area (Å²) in [4.78, 5) is 13.9. The van der Waals surface area contributed by atoms with E-state index in [1.54, 1.807) is 0 Å². The van der Waals surface area contributed by atoms with E-state index in [0.717, 1.165) is 13.0 Å². The first-order valence-corrected chi connectivity index (χ1v) is 6.49. The number of piperazine rings is 1. The van der Waals surface area contributed by atoms with Gasteiger partial charge in [0.05, 0.1) is 6.54 Å². The lowest BCUT2D eigenvalue weighted by Crippen LogP contribution is -2.55. The van der Waals surface area contributed by atoms with Crippen molar-refractivity contribution in [2.24, 2.45) is 5.73 Å². The van der Waals surface area contributed by atoms with Gasteiger partial charge in [0.25, 0.3) is 0 Å². The van der Waals surface area contributed by atoms with Gasteiger partial charge in [0, 0.05) is 18.6 Å². The highest BCUT2D eigenvalue weighted by atomic mass is 16.2. The minimum Gasteiger partial charge on any atom is -0.351 e. The van der Waals surface area contributed by atoms with Gasteiger partial charge in [-0.15, -0.1) is 0 Å². The number of amides is 1. The molecule has 2 rings (SSSR count). The fraction of sp³-hybridized carbons (Fsp3) is 0.500. The van der Waals surface area contributed by atoms with Crippen molar-refractivity contribution in [2.75, 3.05) is 19.6 Å². The Hall–Kier alpha value is -1.39. The zero-order valence-corrected chi connectivity index (χ0v) is 10.8. The summed E-state index contributed by atoms with van der Waals surface area (Å²) in [6, 6.07) is 10.7. The molecule has 18 heavy (non-hydrogen) atoms. The van der Waals surface area contributed by atoms with Gasteiger partial charge in [0.15, 0.2) is 0 Å². The summed E-state index contributed by atoms with van der Waals surface area (Å²) in [5.41, 5.74) is 6.82. The molecule has 2 atom stereocenters. The maximum atomic E-state index is 11.7. The molecule has 1 aliphatic heterocycles. The van der Waals surface area contributed by atoms with E-state index in [2.05, 4.69) is 29.3 Å². The van der Waals surface area contributed by atoms with Crippen molar-refractivity contribution in [3.8, 4) is 0 Å². The number of carbonyl (C=O) groups is 1. The number of hydrogen-bond donors (Lipinski definition) is 2. The molecule has 1 amide bonds. The summed E-state index contributed by atoms with van der Waals surface area (Å²) in [5.74, 6) is 0.0995. The number of rotatable bonds is 4. The first-order valence-electron chi connectivity index (χ1n) is 6.49. The van der Waals surface area contributed by atoms with Crippen LogP contribution in [0.1, 0.15) is 24.9 Å². The van der Waals surface area contributed by atoms with Crippen molar-refractivity contribution in [3.63, 3.8) is 0 Å². The normalized spacial score (nSPS) is 22.6. The highest BCUT2D eigenvalue weighted by Crippen LogP contribution is 2.21.